The molecule has 168 valence electrons. The SMILES string of the molecule is CC(C)Cn1c(O)c(C(=O)NC2CC2)c(=O)n2ncc(C(=O)NCc3ccccc3F)c12. The van der Waals surface area contributed by atoms with Crippen LogP contribution in [0.4, 0.5) is 4.39 Å². The number of aromatic hydroxyl groups is 1. The number of benzene rings is 1. The standard InChI is InChI=1S/C22H24FN5O4/c1-12(2)11-27-20-15(18(29)24-9-13-5-3-4-6-16(13)23)10-25-28(20)22(32)17(21(27)31)19(30)26-14-7-8-14/h3-6,10,12,14,31H,7-9,11H2,1-2H3,(H,24,29)(H,26,30). The summed E-state index contributed by atoms with van der Waals surface area (Å²) in [6, 6.07) is 6.05. The smallest absolute Gasteiger partial charge is 0.291 e. The van der Waals surface area contributed by atoms with Gasteiger partial charge in [0.25, 0.3) is 17.4 Å². The molecule has 1 saturated carbocycles. The van der Waals surface area contributed by atoms with Crippen molar-refractivity contribution in [3.63, 3.8) is 0 Å². The molecule has 0 radical (unpaired) electrons. The monoisotopic (exact) mass is 441 g/mol. The van der Waals surface area contributed by atoms with Crippen molar-refractivity contribution < 1.29 is 19.1 Å². The van der Waals surface area contributed by atoms with E-state index in [0.29, 0.717) is 5.56 Å². The minimum Gasteiger partial charge on any atom is -0.494 e. The van der Waals surface area contributed by atoms with Crippen LogP contribution >= 0.6 is 0 Å². The maximum absolute atomic E-state index is 13.9. The van der Waals surface area contributed by atoms with Crippen LogP contribution in [0.15, 0.2) is 35.3 Å². The number of carbonyl (C=O) groups is 2. The number of aromatic nitrogens is 3. The van der Waals surface area contributed by atoms with E-state index in [-0.39, 0.29) is 36.3 Å². The van der Waals surface area contributed by atoms with Gasteiger partial charge in [-0.05, 0) is 24.8 Å². The number of amides is 2. The van der Waals surface area contributed by atoms with Gasteiger partial charge in [-0.1, -0.05) is 32.0 Å². The van der Waals surface area contributed by atoms with Gasteiger partial charge < -0.3 is 15.7 Å². The summed E-state index contributed by atoms with van der Waals surface area (Å²) in [5.74, 6) is -2.20. The van der Waals surface area contributed by atoms with Gasteiger partial charge in [-0.15, -0.1) is 0 Å². The fourth-order valence-corrected chi connectivity index (χ4v) is 3.48. The topological polar surface area (TPSA) is 118 Å². The molecule has 9 nitrogen and oxygen atoms in total. The number of halogens is 1. The molecule has 1 fully saturated rings. The zero-order chi connectivity index (χ0) is 23.0. The van der Waals surface area contributed by atoms with Gasteiger partial charge >= 0.3 is 0 Å². The predicted octanol–water partition coefficient (Wildman–Crippen LogP) is 1.82. The highest BCUT2D eigenvalue weighted by Gasteiger charge is 2.30. The summed E-state index contributed by atoms with van der Waals surface area (Å²) in [4.78, 5) is 38.5. The summed E-state index contributed by atoms with van der Waals surface area (Å²) in [6.45, 7) is 3.96. The molecule has 4 rings (SSSR count). The van der Waals surface area contributed by atoms with Crippen molar-refractivity contribution in [1.82, 2.24) is 24.8 Å². The average molecular weight is 441 g/mol. The third kappa shape index (κ3) is 4.08. The molecule has 1 aliphatic carbocycles. The van der Waals surface area contributed by atoms with E-state index in [1.807, 2.05) is 13.8 Å². The second-order valence-corrected chi connectivity index (χ2v) is 8.32. The van der Waals surface area contributed by atoms with Gasteiger partial charge in [0.2, 0.25) is 5.88 Å². The van der Waals surface area contributed by atoms with E-state index in [4.69, 9.17) is 0 Å². The molecule has 0 bridgehead atoms. The van der Waals surface area contributed by atoms with Crippen molar-refractivity contribution in [2.24, 2.45) is 5.92 Å². The molecule has 2 heterocycles. The number of fused-ring (bicyclic) bond motifs is 1. The Bertz CT molecular complexity index is 1260. The molecule has 0 spiro atoms. The molecule has 0 atom stereocenters. The molecule has 10 heteroatoms. The van der Waals surface area contributed by atoms with Crippen molar-refractivity contribution >= 4 is 17.5 Å². The van der Waals surface area contributed by atoms with E-state index >= 15 is 0 Å². The zero-order valence-electron chi connectivity index (χ0n) is 17.8. The number of hydrogen-bond acceptors (Lipinski definition) is 5. The van der Waals surface area contributed by atoms with Crippen LogP contribution < -0.4 is 16.2 Å². The Balaban J connectivity index is 1.75. The van der Waals surface area contributed by atoms with Gasteiger partial charge in [0.1, 0.15) is 11.4 Å². The van der Waals surface area contributed by atoms with Crippen LogP contribution in [-0.2, 0) is 13.1 Å². The fourth-order valence-electron chi connectivity index (χ4n) is 3.48. The van der Waals surface area contributed by atoms with E-state index in [9.17, 15) is 23.9 Å². The van der Waals surface area contributed by atoms with E-state index in [2.05, 4.69) is 15.7 Å². The zero-order valence-corrected chi connectivity index (χ0v) is 17.8. The fraction of sp³-hybridized carbons (Fsp3) is 0.364. The van der Waals surface area contributed by atoms with Crippen molar-refractivity contribution in [3.05, 3.63) is 63.3 Å². The van der Waals surface area contributed by atoms with Crippen LogP contribution in [0.5, 0.6) is 5.88 Å². The molecule has 2 aromatic heterocycles. The second kappa shape index (κ2) is 8.45. The summed E-state index contributed by atoms with van der Waals surface area (Å²) >= 11 is 0. The molecule has 3 N–H and O–H groups in total. The highest BCUT2D eigenvalue weighted by molar-refractivity contribution is 6.01. The third-order valence-electron chi connectivity index (χ3n) is 5.21. The van der Waals surface area contributed by atoms with E-state index in [0.717, 1.165) is 17.4 Å². The highest BCUT2D eigenvalue weighted by Crippen LogP contribution is 2.24. The molecule has 32 heavy (non-hydrogen) atoms. The second-order valence-electron chi connectivity index (χ2n) is 8.32. The Kier molecular flexibility index (Phi) is 5.68. The van der Waals surface area contributed by atoms with Crippen LogP contribution in [0, 0.1) is 11.7 Å². The van der Waals surface area contributed by atoms with Crippen molar-refractivity contribution in [2.45, 2.75) is 45.8 Å². The molecule has 3 aromatic rings. The largest absolute Gasteiger partial charge is 0.494 e. The summed E-state index contributed by atoms with van der Waals surface area (Å²) in [7, 11) is 0. The lowest BCUT2D eigenvalue weighted by Crippen LogP contribution is -2.35. The average Bonchev–Trinajstić information content (AvgIpc) is 3.44. The normalized spacial score (nSPS) is 13.5. The maximum atomic E-state index is 13.9. The van der Waals surface area contributed by atoms with Crippen LogP contribution in [-0.4, -0.2) is 37.1 Å². The molecule has 1 aliphatic rings. The van der Waals surface area contributed by atoms with Crippen molar-refractivity contribution in [2.75, 3.05) is 0 Å². The summed E-state index contributed by atoms with van der Waals surface area (Å²) in [5.41, 5.74) is -0.826. The Morgan fingerprint density at radius 2 is 1.97 bits per heavy atom. The Morgan fingerprint density at radius 3 is 2.62 bits per heavy atom. The summed E-state index contributed by atoms with van der Waals surface area (Å²) < 4.78 is 16.2. The maximum Gasteiger partial charge on any atom is 0.291 e. The van der Waals surface area contributed by atoms with Crippen LogP contribution in [0.25, 0.3) is 5.65 Å². The first-order chi connectivity index (χ1) is 15.3. The van der Waals surface area contributed by atoms with Gasteiger partial charge in [0.15, 0.2) is 11.2 Å². The summed E-state index contributed by atoms with van der Waals surface area (Å²) in [5, 5.41) is 20.2. The first kappa shape index (κ1) is 21.5. The molecule has 0 saturated heterocycles. The molecule has 1 aromatic carbocycles. The summed E-state index contributed by atoms with van der Waals surface area (Å²) in [6.07, 6.45) is 2.85. The van der Waals surface area contributed by atoms with E-state index < -0.39 is 34.6 Å². The lowest BCUT2D eigenvalue weighted by atomic mass is 10.2. The van der Waals surface area contributed by atoms with Crippen LogP contribution in [0.1, 0.15) is 53.0 Å². The van der Waals surface area contributed by atoms with Crippen LogP contribution in [0.2, 0.25) is 0 Å². The first-order valence-electron chi connectivity index (χ1n) is 10.4. The molecular weight excluding hydrogens is 417 g/mol. The number of hydrogen-bond donors (Lipinski definition) is 3. The van der Waals surface area contributed by atoms with Gasteiger partial charge in [-0.2, -0.15) is 9.61 Å². The number of nitrogens with one attached hydrogen (secondary N) is 2. The molecular formula is C22H24FN5O4. The van der Waals surface area contributed by atoms with Crippen molar-refractivity contribution in [3.8, 4) is 5.88 Å². The molecule has 2 amide bonds. The Hall–Kier alpha value is -3.69. The molecule has 0 aliphatic heterocycles. The van der Waals surface area contributed by atoms with E-state index in [1.165, 1.54) is 16.8 Å². The Morgan fingerprint density at radius 1 is 1.25 bits per heavy atom. The predicted molar refractivity (Wildman–Crippen MR) is 114 cm³/mol. The minimum absolute atomic E-state index is 0.00659. The van der Waals surface area contributed by atoms with Gasteiger partial charge in [-0.3, -0.25) is 19.0 Å². The van der Waals surface area contributed by atoms with Gasteiger partial charge in [0.05, 0.1) is 6.20 Å². The third-order valence-corrected chi connectivity index (χ3v) is 5.21. The minimum atomic E-state index is -0.816. The number of rotatable bonds is 7. The van der Waals surface area contributed by atoms with Gasteiger partial charge in [-0.25, -0.2) is 4.39 Å². The number of carbonyl (C=O) groups excluding carboxylic acids is 2. The van der Waals surface area contributed by atoms with E-state index in [1.54, 1.807) is 18.2 Å². The lowest BCUT2D eigenvalue weighted by molar-refractivity contribution is 0.0940. The molecule has 0 unspecified atom stereocenters. The van der Waals surface area contributed by atoms with Crippen molar-refractivity contribution in [1.29, 1.82) is 0 Å². The quantitative estimate of drug-likeness (QED) is 0.517. The number of nitrogens with zero attached hydrogens (tertiary/aromatic N) is 3. The van der Waals surface area contributed by atoms with Gasteiger partial charge in [0, 0.05) is 24.7 Å². The Labute approximate surface area is 182 Å². The first-order valence-corrected chi connectivity index (χ1v) is 10.4. The highest BCUT2D eigenvalue weighted by atomic mass is 19.1. The van der Waals surface area contributed by atoms with Crippen LogP contribution in [0.3, 0.4) is 0 Å². The lowest BCUT2D eigenvalue weighted by Gasteiger charge is -2.17.